The molecule has 2 heterocycles. The van der Waals surface area contributed by atoms with Crippen LogP contribution in [0, 0.1) is 5.92 Å². The molecule has 1 aromatic carbocycles. The van der Waals surface area contributed by atoms with Crippen molar-refractivity contribution in [2.24, 2.45) is 5.92 Å². The molecule has 1 fully saturated rings. The Balaban J connectivity index is 1.58. The Labute approximate surface area is 137 Å². The minimum Gasteiger partial charge on any atom is -0.371 e. The summed E-state index contributed by atoms with van der Waals surface area (Å²) in [5.74, 6) is 0.248. The maximum atomic E-state index is 12.5. The van der Waals surface area contributed by atoms with Crippen molar-refractivity contribution in [3.8, 4) is 0 Å². The van der Waals surface area contributed by atoms with Crippen LogP contribution in [0.4, 0.5) is 11.4 Å². The maximum absolute atomic E-state index is 12.5. The normalized spacial score (nSPS) is 15.4. The van der Waals surface area contributed by atoms with Gasteiger partial charge in [0, 0.05) is 42.8 Å². The molecule has 4 nitrogen and oxygen atoms in total. The highest BCUT2D eigenvalue weighted by Crippen LogP contribution is 2.24. The van der Waals surface area contributed by atoms with E-state index < -0.39 is 0 Å². The number of amides is 1. The van der Waals surface area contributed by atoms with Gasteiger partial charge in [-0.3, -0.25) is 9.78 Å². The summed E-state index contributed by atoms with van der Waals surface area (Å²) in [5.41, 5.74) is 3.34. The quantitative estimate of drug-likeness (QED) is 0.940. The molecule has 0 bridgehead atoms. The summed E-state index contributed by atoms with van der Waals surface area (Å²) in [6.07, 6.45) is 6.34. The topological polar surface area (TPSA) is 45.2 Å². The van der Waals surface area contributed by atoms with Crippen LogP contribution in [0.1, 0.15) is 25.3 Å². The minimum absolute atomic E-state index is 0.0954. The molecule has 23 heavy (non-hydrogen) atoms. The first-order valence-electron chi connectivity index (χ1n) is 8.31. The largest absolute Gasteiger partial charge is 0.371 e. The van der Waals surface area contributed by atoms with Gasteiger partial charge in [-0.15, -0.1) is 0 Å². The van der Waals surface area contributed by atoms with Gasteiger partial charge in [0.05, 0.1) is 0 Å². The van der Waals surface area contributed by atoms with Crippen LogP contribution in [-0.4, -0.2) is 24.0 Å². The number of carbonyl (C=O) groups excluding carboxylic acids is 1. The van der Waals surface area contributed by atoms with E-state index in [0.29, 0.717) is 0 Å². The molecule has 2 aromatic rings. The van der Waals surface area contributed by atoms with E-state index in [9.17, 15) is 4.79 Å². The number of piperidine rings is 1. The molecule has 120 valence electrons. The minimum atomic E-state index is 0.0954. The molecule has 1 amide bonds. The molecule has 1 saturated heterocycles. The van der Waals surface area contributed by atoms with E-state index in [0.717, 1.165) is 38.0 Å². The fourth-order valence-corrected chi connectivity index (χ4v) is 3.14. The Bertz CT molecular complexity index is 649. The van der Waals surface area contributed by atoms with Gasteiger partial charge in [0.1, 0.15) is 0 Å². The number of aromatic nitrogens is 1. The van der Waals surface area contributed by atoms with Gasteiger partial charge in [0.15, 0.2) is 0 Å². The zero-order valence-corrected chi connectivity index (χ0v) is 13.5. The fourth-order valence-electron chi connectivity index (χ4n) is 3.14. The van der Waals surface area contributed by atoms with E-state index in [1.165, 1.54) is 11.3 Å². The second-order valence-electron chi connectivity index (χ2n) is 5.97. The highest BCUT2D eigenvalue weighted by atomic mass is 16.1. The summed E-state index contributed by atoms with van der Waals surface area (Å²) >= 11 is 0. The summed E-state index contributed by atoms with van der Waals surface area (Å²) in [4.78, 5) is 18.9. The summed E-state index contributed by atoms with van der Waals surface area (Å²) in [6, 6.07) is 12.1. The summed E-state index contributed by atoms with van der Waals surface area (Å²) in [7, 11) is 0. The lowest BCUT2D eigenvalue weighted by molar-refractivity contribution is -0.120. The number of anilines is 2. The lowest BCUT2D eigenvalue weighted by atomic mass is 9.95. The molecule has 0 saturated carbocycles. The average Bonchev–Trinajstić information content (AvgIpc) is 2.63. The zero-order valence-electron chi connectivity index (χ0n) is 13.5. The second kappa shape index (κ2) is 7.27. The second-order valence-corrected chi connectivity index (χ2v) is 5.97. The van der Waals surface area contributed by atoms with Gasteiger partial charge in [-0.2, -0.15) is 0 Å². The molecule has 0 unspecified atom stereocenters. The SMILES string of the molecule is CCc1ccccc1NC(=O)C1CCN(c2ccncc2)CC1. The number of nitrogens with one attached hydrogen (secondary N) is 1. The average molecular weight is 309 g/mol. The van der Waals surface area contributed by atoms with Crippen LogP contribution in [0.2, 0.25) is 0 Å². The van der Waals surface area contributed by atoms with Crippen molar-refractivity contribution in [2.45, 2.75) is 26.2 Å². The molecule has 4 heteroatoms. The van der Waals surface area contributed by atoms with Gasteiger partial charge in [0.25, 0.3) is 0 Å². The Morgan fingerprint density at radius 1 is 1.17 bits per heavy atom. The van der Waals surface area contributed by atoms with E-state index in [1.54, 1.807) is 0 Å². The van der Waals surface area contributed by atoms with Gasteiger partial charge < -0.3 is 10.2 Å². The molecular weight excluding hydrogens is 286 g/mol. The summed E-state index contributed by atoms with van der Waals surface area (Å²) in [5, 5.41) is 3.12. The van der Waals surface area contributed by atoms with E-state index in [4.69, 9.17) is 0 Å². The number of rotatable bonds is 4. The Hall–Kier alpha value is -2.36. The van der Waals surface area contributed by atoms with Crippen LogP contribution >= 0.6 is 0 Å². The first-order chi connectivity index (χ1) is 11.3. The standard InChI is InChI=1S/C19H23N3O/c1-2-15-5-3-4-6-18(15)21-19(23)16-9-13-22(14-10-16)17-7-11-20-12-8-17/h3-8,11-12,16H,2,9-10,13-14H2,1H3,(H,21,23). The first kappa shape index (κ1) is 15.5. The smallest absolute Gasteiger partial charge is 0.227 e. The summed E-state index contributed by atoms with van der Waals surface area (Å²) in [6.45, 7) is 3.94. The van der Waals surface area contributed by atoms with E-state index in [1.807, 2.05) is 42.7 Å². The molecule has 0 aliphatic carbocycles. The van der Waals surface area contributed by atoms with Gasteiger partial charge >= 0.3 is 0 Å². The molecular formula is C19H23N3O. The monoisotopic (exact) mass is 309 g/mol. The van der Waals surface area contributed by atoms with Crippen molar-refractivity contribution in [3.05, 3.63) is 54.4 Å². The van der Waals surface area contributed by atoms with Crippen molar-refractivity contribution < 1.29 is 4.79 Å². The fraction of sp³-hybridized carbons (Fsp3) is 0.368. The lowest BCUT2D eigenvalue weighted by Gasteiger charge is -2.33. The van der Waals surface area contributed by atoms with Crippen LogP contribution in [0.15, 0.2) is 48.8 Å². The predicted molar refractivity (Wildman–Crippen MR) is 93.6 cm³/mol. The third kappa shape index (κ3) is 3.70. The van der Waals surface area contributed by atoms with Crippen molar-refractivity contribution in [1.82, 2.24) is 4.98 Å². The van der Waals surface area contributed by atoms with Crippen LogP contribution in [0.5, 0.6) is 0 Å². The Morgan fingerprint density at radius 3 is 2.57 bits per heavy atom. The first-order valence-corrected chi connectivity index (χ1v) is 8.31. The van der Waals surface area contributed by atoms with Crippen LogP contribution in [0.25, 0.3) is 0 Å². The Kier molecular flexibility index (Phi) is 4.91. The highest BCUT2D eigenvalue weighted by Gasteiger charge is 2.25. The number of aryl methyl sites for hydroxylation is 1. The molecule has 1 aliphatic heterocycles. The molecule has 0 atom stereocenters. The molecule has 0 radical (unpaired) electrons. The Morgan fingerprint density at radius 2 is 1.87 bits per heavy atom. The third-order valence-corrected chi connectivity index (χ3v) is 4.55. The van der Waals surface area contributed by atoms with Crippen molar-refractivity contribution in [2.75, 3.05) is 23.3 Å². The maximum Gasteiger partial charge on any atom is 0.227 e. The molecule has 3 rings (SSSR count). The number of benzene rings is 1. The predicted octanol–water partition coefficient (Wildman–Crippen LogP) is 3.50. The van der Waals surface area contributed by atoms with Gasteiger partial charge in [-0.25, -0.2) is 0 Å². The number of hydrogen-bond acceptors (Lipinski definition) is 3. The summed E-state index contributed by atoms with van der Waals surface area (Å²) < 4.78 is 0. The third-order valence-electron chi connectivity index (χ3n) is 4.55. The molecule has 1 aliphatic rings. The molecule has 0 spiro atoms. The lowest BCUT2D eigenvalue weighted by Crippen LogP contribution is -2.38. The van der Waals surface area contributed by atoms with Crippen molar-refractivity contribution in [1.29, 1.82) is 0 Å². The highest BCUT2D eigenvalue weighted by molar-refractivity contribution is 5.93. The van der Waals surface area contributed by atoms with E-state index >= 15 is 0 Å². The van der Waals surface area contributed by atoms with Gasteiger partial charge in [0.2, 0.25) is 5.91 Å². The van der Waals surface area contributed by atoms with Crippen LogP contribution < -0.4 is 10.2 Å². The van der Waals surface area contributed by atoms with Crippen molar-refractivity contribution >= 4 is 17.3 Å². The van der Waals surface area contributed by atoms with Gasteiger partial charge in [-0.05, 0) is 43.0 Å². The molecule has 1 aromatic heterocycles. The van der Waals surface area contributed by atoms with Gasteiger partial charge in [-0.1, -0.05) is 25.1 Å². The molecule has 1 N–H and O–H groups in total. The van der Waals surface area contributed by atoms with E-state index in [2.05, 4.69) is 28.2 Å². The number of carbonyl (C=O) groups is 1. The number of hydrogen-bond donors (Lipinski definition) is 1. The number of pyridine rings is 1. The van der Waals surface area contributed by atoms with Crippen LogP contribution in [0.3, 0.4) is 0 Å². The number of nitrogens with zero attached hydrogens (tertiary/aromatic N) is 2. The zero-order chi connectivity index (χ0) is 16.1. The van der Waals surface area contributed by atoms with Crippen molar-refractivity contribution in [3.63, 3.8) is 0 Å². The van der Waals surface area contributed by atoms with E-state index in [-0.39, 0.29) is 11.8 Å². The number of para-hydroxylation sites is 1. The van der Waals surface area contributed by atoms with Crippen LogP contribution in [-0.2, 0) is 11.2 Å².